The number of ether oxygens (including phenoxy) is 4. The molecule has 38 heavy (non-hydrogen) atoms. The summed E-state index contributed by atoms with van der Waals surface area (Å²) < 4.78 is 20.7. The highest BCUT2D eigenvalue weighted by Crippen LogP contribution is 2.21. The standard InChI is InChI=1S/C30H38O8/c1-3-35-29(33)23-17-13-15-19-25(23)37-27(31)21-11-9-7-5-6-8-10-12-22-28(32)38-26-20-16-14-18-24(26)30(34)36-4-2/h13-20H,3-12,21-22H2,1-2H3. The van der Waals surface area contributed by atoms with Crippen LogP contribution in [0.4, 0.5) is 0 Å². The van der Waals surface area contributed by atoms with Gasteiger partial charge >= 0.3 is 23.9 Å². The first-order valence-corrected chi connectivity index (χ1v) is 13.4. The van der Waals surface area contributed by atoms with Gasteiger partial charge in [0.2, 0.25) is 0 Å². The Bertz CT molecular complexity index is 963. The van der Waals surface area contributed by atoms with Crippen molar-refractivity contribution in [1.29, 1.82) is 0 Å². The first kappa shape index (κ1) is 30.5. The number of benzene rings is 2. The van der Waals surface area contributed by atoms with Gasteiger partial charge in [-0.3, -0.25) is 9.59 Å². The molecule has 0 saturated heterocycles. The Morgan fingerprint density at radius 2 is 0.868 bits per heavy atom. The number of unbranched alkanes of at least 4 members (excludes halogenated alkanes) is 7. The summed E-state index contributed by atoms with van der Waals surface area (Å²) in [5.74, 6) is -1.29. The Morgan fingerprint density at radius 1 is 0.526 bits per heavy atom. The highest BCUT2D eigenvalue weighted by Gasteiger charge is 2.17. The largest absolute Gasteiger partial charge is 0.462 e. The number of hydrogen-bond acceptors (Lipinski definition) is 8. The minimum Gasteiger partial charge on any atom is -0.462 e. The maximum Gasteiger partial charge on any atom is 0.341 e. The van der Waals surface area contributed by atoms with E-state index in [4.69, 9.17) is 18.9 Å². The van der Waals surface area contributed by atoms with E-state index >= 15 is 0 Å². The van der Waals surface area contributed by atoms with Crippen molar-refractivity contribution in [3.05, 3.63) is 59.7 Å². The highest BCUT2D eigenvalue weighted by atomic mass is 16.6. The number of hydrogen-bond donors (Lipinski definition) is 0. The van der Waals surface area contributed by atoms with E-state index in [1.165, 1.54) is 0 Å². The fraction of sp³-hybridized carbons (Fsp3) is 0.467. The van der Waals surface area contributed by atoms with Gasteiger partial charge < -0.3 is 18.9 Å². The lowest BCUT2D eigenvalue weighted by Gasteiger charge is -2.09. The SMILES string of the molecule is CCOC(=O)c1ccccc1OC(=O)CCCCCCCCCCC(=O)Oc1ccccc1C(=O)OCC. The topological polar surface area (TPSA) is 105 Å². The molecule has 0 N–H and O–H groups in total. The van der Waals surface area contributed by atoms with E-state index in [2.05, 4.69) is 0 Å². The Morgan fingerprint density at radius 3 is 1.24 bits per heavy atom. The molecule has 8 heteroatoms. The van der Waals surface area contributed by atoms with E-state index in [0.29, 0.717) is 12.8 Å². The maximum atomic E-state index is 12.2. The van der Waals surface area contributed by atoms with E-state index in [9.17, 15) is 19.2 Å². The van der Waals surface area contributed by atoms with Gasteiger partial charge in [0.25, 0.3) is 0 Å². The second-order valence-corrected chi connectivity index (χ2v) is 8.71. The summed E-state index contributed by atoms with van der Waals surface area (Å²) in [6, 6.07) is 13.1. The second kappa shape index (κ2) is 17.7. The number of rotatable bonds is 17. The monoisotopic (exact) mass is 526 g/mol. The molecule has 0 radical (unpaired) electrons. The third-order valence-corrected chi connectivity index (χ3v) is 5.72. The zero-order chi connectivity index (χ0) is 27.6. The van der Waals surface area contributed by atoms with E-state index in [1.54, 1.807) is 62.4 Å². The average Bonchev–Trinajstić information content (AvgIpc) is 2.90. The fourth-order valence-corrected chi connectivity index (χ4v) is 3.81. The summed E-state index contributed by atoms with van der Waals surface area (Å²) in [6.45, 7) is 3.95. The third-order valence-electron chi connectivity index (χ3n) is 5.72. The van der Waals surface area contributed by atoms with Gasteiger partial charge in [0.15, 0.2) is 0 Å². The minimum absolute atomic E-state index is 0.225. The summed E-state index contributed by atoms with van der Waals surface area (Å²) in [5, 5.41) is 0. The number of carbonyl (C=O) groups is 4. The Balaban J connectivity index is 1.53. The molecule has 2 aromatic rings. The molecule has 0 fully saturated rings. The lowest BCUT2D eigenvalue weighted by Crippen LogP contribution is -2.12. The molecular formula is C30H38O8. The molecular weight excluding hydrogens is 488 g/mol. The van der Waals surface area contributed by atoms with E-state index in [1.807, 2.05) is 0 Å². The van der Waals surface area contributed by atoms with Crippen LogP contribution >= 0.6 is 0 Å². The van der Waals surface area contributed by atoms with Crippen LogP contribution in [0.1, 0.15) is 98.8 Å². The first-order chi connectivity index (χ1) is 18.5. The van der Waals surface area contributed by atoms with Gasteiger partial charge in [-0.2, -0.15) is 0 Å². The van der Waals surface area contributed by atoms with Crippen molar-refractivity contribution in [3.8, 4) is 11.5 Å². The molecule has 8 nitrogen and oxygen atoms in total. The van der Waals surface area contributed by atoms with Gasteiger partial charge in [0.05, 0.1) is 13.2 Å². The van der Waals surface area contributed by atoms with Crippen molar-refractivity contribution in [2.75, 3.05) is 13.2 Å². The molecule has 206 valence electrons. The summed E-state index contributed by atoms with van der Waals surface area (Å²) in [6.07, 6.45) is 7.99. The lowest BCUT2D eigenvalue weighted by molar-refractivity contribution is -0.135. The second-order valence-electron chi connectivity index (χ2n) is 8.71. The Labute approximate surface area is 224 Å². The van der Waals surface area contributed by atoms with Crippen molar-refractivity contribution >= 4 is 23.9 Å². The molecule has 0 aliphatic rings. The van der Waals surface area contributed by atoms with Gasteiger partial charge in [-0.25, -0.2) is 9.59 Å². The molecule has 0 saturated carbocycles. The van der Waals surface area contributed by atoms with Crippen LogP contribution in [-0.2, 0) is 19.1 Å². The van der Waals surface area contributed by atoms with Crippen molar-refractivity contribution in [2.24, 2.45) is 0 Å². The first-order valence-electron chi connectivity index (χ1n) is 13.4. The van der Waals surface area contributed by atoms with Crippen LogP contribution in [0.5, 0.6) is 11.5 Å². The molecule has 0 atom stereocenters. The summed E-state index contributed by atoms with van der Waals surface area (Å²) in [7, 11) is 0. The predicted molar refractivity (Wildman–Crippen MR) is 142 cm³/mol. The van der Waals surface area contributed by atoms with Crippen LogP contribution in [0, 0.1) is 0 Å². The average molecular weight is 527 g/mol. The fourth-order valence-electron chi connectivity index (χ4n) is 3.81. The summed E-state index contributed by atoms with van der Waals surface area (Å²) in [5.41, 5.74) is 0.495. The van der Waals surface area contributed by atoms with Crippen molar-refractivity contribution < 1.29 is 38.1 Å². The van der Waals surface area contributed by atoms with E-state index in [0.717, 1.165) is 51.4 Å². The Hall–Kier alpha value is -3.68. The van der Waals surface area contributed by atoms with Crippen LogP contribution < -0.4 is 9.47 Å². The van der Waals surface area contributed by atoms with Crippen LogP contribution in [0.15, 0.2) is 48.5 Å². The van der Waals surface area contributed by atoms with Crippen LogP contribution in [0.3, 0.4) is 0 Å². The summed E-state index contributed by atoms with van der Waals surface area (Å²) >= 11 is 0. The number of carbonyl (C=O) groups excluding carboxylic acids is 4. The van der Waals surface area contributed by atoms with E-state index < -0.39 is 11.9 Å². The summed E-state index contributed by atoms with van der Waals surface area (Å²) in [4.78, 5) is 48.3. The Kier molecular flexibility index (Phi) is 14.2. The van der Waals surface area contributed by atoms with Crippen molar-refractivity contribution in [1.82, 2.24) is 0 Å². The highest BCUT2D eigenvalue weighted by molar-refractivity contribution is 5.94. The molecule has 0 spiro atoms. The van der Waals surface area contributed by atoms with Gasteiger partial charge in [-0.1, -0.05) is 62.8 Å². The molecule has 0 aliphatic heterocycles. The van der Waals surface area contributed by atoms with Gasteiger partial charge in [-0.05, 0) is 51.0 Å². The number of para-hydroxylation sites is 2. The molecule has 2 aromatic carbocycles. The van der Waals surface area contributed by atoms with Gasteiger partial charge in [0, 0.05) is 12.8 Å². The normalized spacial score (nSPS) is 10.5. The minimum atomic E-state index is -0.507. The van der Waals surface area contributed by atoms with Gasteiger partial charge in [-0.15, -0.1) is 0 Å². The van der Waals surface area contributed by atoms with Crippen molar-refractivity contribution in [2.45, 2.75) is 78.1 Å². The molecule has 0 unspecified atom stereocenters. The molecule has 0 bridgehead atoms. The van der Waals surface area contributed by atoms with E-state index in [-0.39, 0.29) is 47.8 Å². The molecule has 0 aromatic heterocycles. The lowest BCUT2D eigenvalue weighted by atomic mass is 10.1. The van der Waals surface area contributed by atoms with Crippen LogP contribution in [-0.4, -0.2) is 37.1 Å². The molecule has 0 amide bonds. The quantitative estimate of drug-likeness (QED) is 0.131. The number of esters is 4. The zero-order valence-corrected chi connectivity index (χ0v) is 22.4. The maximum absolute atomic E-state index is 12.2. The molecule has 2 rings (SSSR count). The third kappa shape index (κ3) is 11.2. The molecule has 0 aliphatic carbocycles. The zero-order valence-electron chi connectivity index (χ0n) is 22.4. The van der Waals surface area contributed by atoms with Crippen LogP contribution in [0.25, 0.3) is 0 Å². The van der Waals surface area contributed by atoms with Gasteiger partial charge in [0.1, 0.15) is 22.6 Å². The van der Waals surface area contributed by atoms with Crippen LogP contribution in [0.2, 0.25) is 0 Å². The van der Waals surface area contributed by atoms with Crippen molar-refractivity contribution in [3.63, 3.8) is 0 Å². The predicted octanol–water partition coefficient (Wildman–Crippen LogP) is 6.45. The smallest absolute Gasteiger partial charge is 0.341 e. The molecule has 0 heterocycles.